The van der Waals surface area contributed by atoms with E-state index in [1.54, 1.807) is 29.4 Å². The highest BCUT2D eigenvalue weighted by Gasteiger charge is 2.45. The average Bonchev–Trinajstić information content (AvgIpc) is 3.44. The molecule has 30 heavy (non-hydrogen) atoms. The standard InChI is InChI=1S/C24H23FN2O2S/c1-26-23(29)24(15-17-7-9-18(10-8-17)21-6-3-13-30-21)11-12-27(16-24)22(28)19-4-2-5-20(25)14-19/h2-10,13-14H,11-12,15-16H2,1H3,(H,26,29)/t24-/m0/s1. The SMILES string of the molecule is CNC(=O)[C@]1(Cc2ccc(-c3cccs3)cc2)CCN(C(=O)c2cccc(F)c2)C1. The fourth-order valence-corrected chi connectivity index (χ4v) is 4.88. The van der Waals surface area contributed by atoms with Crippen molar-refractivity contribution in [2.75, 3.05) is 20.1 Å². The topological polar surface area (TPSA) is 49.4 Å². The Hall–Kier alpha value is -2.99. The molecule has 0 spiro atoms. The maximum absolute atomic E-state index is 13.5. The number of carbonyl (C=O) groups excluding carboxylic acids is 2. The van der Waals surface area contributed by atoms with Crippen LogP contribution in [0.25, 0.3) is 10.4 Å². The minimum absolute atomic E-state index is 0.0700. The molecule has 2 heterocycles. The lowest BCUT2D eigenvalue weighted by Gasteiger charge is -2.28. The van der Waals surface area contributed by atoms with Crippen LogP contribution in [0.5, 0.6) is 0 Å². The Morgan fingerprint density at radius 1 is 1.13 bits per heavy atom. The third-order valence-corrected chi connectivity index (χ3v) is 6.64. The quantitative estimate of drug-likeness (QED) is 0.664. The number of halogens is 1. The van der Waals surface area contributed by atoms with E-state index < -0.39 is 11.2 Å². The van der Waals surface area contributed by atoms with Crippen molar-refractivity contribution in [3.8, 4) is 10.4 Å². The Kier molecular flexibility index (Phi) is 5.68. The van der Waals surface area contributed by atoms with Gasteiger partial charge in [0.25, 0.3) is 5.91 Å². The number of thiophene rings is 1. The van der Waals surface area contributed by atoms with Gasteiger partial charge in [0.2, 0.25) is 5.91 Å². The van der Waals surface area contributed by atoms with Gasteiger partial charge in [-0.3, -0.25) is 9.59 Å². The lowest BCUT2D eigenvalue weighted by atomic mass is 9.79. The summed E-state index contributed by atoms with van der Waals surface area (Å²) in [6.07, 6.45) is 1.12. The van der Waals surface area contributed by atoms with E-state index in [0.29, 0.717) is 31.5 Å². The van der Waals surface area contributed by atoms with Crippen LogP contribution in [-0.4, -0.2) is 36.9 Å². The normalized spacial score (nSPS) is 18.4. The van der Waals surface area contributed by atoms with Crippen molar-refractivity contribution in [3.05, 3.63) is 83.0 Å². The molecule has 1 saturated heterocycles. The molecule has 1 fully saturated rings. The summed E-state index contributed by atoms with van der Waals surface area (Å²) in [6.45, 7) is 0.782. The molecule has 2 amide bonds. The Morgan fingerprint density at radius 2 is 1.93 bits per heavy atom. The minimum atomic E-state index is -0.692. The Morgan fingerprint density at radius 3 is 2.60 bits per heavy atom. The molecule has 4 nitrogen and oxygen atoms in total. The van der Waals surface area contributed by atoms with Gasteiger partial charge in [0.1, 0.15) is 5.82 Å². The first-order valence-corrected chi connectivity index (χ1v) is 10.8. The zero-order valence-electron chi connectivity index (χ0n) is 16.7. The highest BCUT2D eigenvalue weighted by atomic mass is 32.1. The zero-order chi connectivity index (χ0) is 21.1. The number of benzene rings is 2. The predicted molar refractivity (Wildman–Crippen MR) is 117 cm³/mol. The molecule has 1 aliphatic heterocycles. The molecule has 0 unspecified atom stereocenters. The third-order valence-electron chi connectivity index (χ3n) is 5.72. The molecule has 0 bridgehead atoms. The van der Waals surface area contributed by atoms with Crippen molar-refractivity contribution in [2.45, 2.75) is 12.8 Å². The molecule has 3 aromatic rings. The maximum Gasteiger partial charge on any atom is 0.253 e. The lowest BCUT2D eigenvalue weighted by molar-refractivity contribution is -0.129. The highest BCUT2D eigenvalue weighted by molar-refractivity contribution is 7.13. The van der Waals surface area contributed by atoms with Gasteiger partial charge in [0.05, 0.1) is 5.41 Å². The summed E-state index contributed by atoms with van der Waals surface area (Å²) in [5.41, 5.74) is 1.82. The van der Waals surface area contributed by atoms with Crippen LogP contribution in [0.1, 0.15) is 22.3 Å². The zero-order valence-corrected chi connectivity index (χ0v) is 17.5. The van der Waals surface area contributed by atoms with Gasteiger partial charge >= 0.3 is 0 Å². The fourth-order valence-electron chi connectivity index (χ4n) is 4.15. The summed E-state index contributed by atoms with van der Waals surface area (Å²) in [4.78, 5) is 28.6. The van der Waals surface area contributed by atoms with E-state index >= 15 is 0 Å². The molecule has 154 valence electrons. The van der Waals surface area contributed by atoms with Gasteiger partial charge in [0.15, 0.2) is 0 Å². The number of likely N-dealkylation sites (tertiary alicyclic amines) is 1. The maximum atomic E-state index is 13.5. The van der Waals surface area contributed by atoms with Gasteiger partial charge in [-0.25, -0.2) is 4.39 Å². The van der Waals surface area contributed by atoms with Crippen molar-refractivity contribution in [1.82, 2.24) is 10.2 Å². The molecule has 1 aromatic heterocycles. The first-order valence-electron chi connectivity index (χ1n) is 9.91. The van der Waals surface area contributed by atoms with Gasteiger partial charge < -0.3 is 10.2 Å². The number of carbonyl (C=O) groups is 2. The summed E-state index contributed by atoms with van der Waals surface area (Å²) in [5.74, 6) is -0.754. The Bertz CT molecular complexity index is 1050. The second-order valence-electron chi connectivity index (χ2n) is 7.70. The molecule has 1 aliphatic rings. The van der Waals surface area contributed by atoms with E-state index in [4.69, 9.17) is 0 Å². The van der Waals surface area contributed by atoms with Crippen LogP contribution >= 0.6 is 11.3 Å². The van der Waals surface area contributed by atoms with Gasteiger partial charge in [-0.15, -0.1) is 11.3 Å². The summed E-state index contributed by atoms with van der Waals surface area (Å²) in [5, 5.41) is 4.82. The van der Waals surface area contributed by atoms with Crippen molar-refractivity contribution in [3.63, 3.8) is 0 Å². The van der Waals surface area contributed by atoms with E-state index in [-0.39, 0.29) is 11.8 Å². The molecule has 6 heteroatoms. The van der Waals surface area contributed by atoms with Crippen LogP contribution < -0.4 is 5.32 Å². The number of nitrogens with one attached hydrogen (secondary N) is 1. The second-order valence-corrected chi connectivity index (χ2v) is 8.65. The molecule has 2 aromatic carbocycles. The van der Waals surface area contributed by atoms with E-state index in [1.165, 1.54) is 23.1 Å². The number of hydrogen-bond donors (Lipinski definition) is 1. The van der Waals surface area contributed by atoms with Crippen LogP contribution in [0.4, 0.5) is 4.39 Å². The van der Waals surface area contributed by atoms with Gasteiger partial charge in [-0.2, -0.15) is 0 Å². The summed E-state index contributed by atoms with van der Waals surface area (Å²) >= 11 is 1.69. The van der Waals surface area contributed by atoms with E-state index in [2.05, 4.69) is 35.6 Å². The van der Waals surface area contributed by atoms with Crippen LogP contribution in [0, 0.1) is 11.2 Å². The number of nitrogens with zero attached hydrogens (tertiary/aromatic N) is 1. The Balaban J connectivity index is 1.54. The number of rotatable bonds is 5. The van der Waals surface area contributed by atoms with Gasteiger partial charge in [-0.1, -0.05) is 36.4 Å². The minimum Gasteiger partial charge on any atom is -0.359 e. The lowest BCUT2D eigenvalue weighted by Crippen LogP contribution is -2.44. The van der Waals surface area contributed by atoms with Crippen molar-refractivity contribution >= 4 is 23.2 Å². The highest BCUT2D eigenvalue weighted by Crippen LogP contribution is 2.36. The van der Waals surface area contributed by atoms with Crippen molar-refractivity contribution < 1.29 is 14.0 Å². The Labute approximate surface area is 179 Å². The summed E-state index contributed by atoms with van der Waals surface area (Å²) in [6, 6.07) is 18.0. The van der Waals surface area contributed by atoms with E-state index in [9.17, 15) is 14.0 Å². The van der Waals surface area contributed by atoms with Crippen LogP contribution in [0.3, 0.4) is 0 Å². The second kappa shape index (κ2) is 8.40. The molecule has 0 radical (unpaired) electrons. The fraction of sp³-hybridized carbons (Fsp3) is 0.250. The number of hydrogen-bond acceptors (Lipinski definition) is 3. The molecule has 0 saturated carbocycles. The third kappa shape index (κ3) is 4.00. The van der Waals surface area contributed by atoms with Crippen LogP contribution in [0.2, 0.25) is 0 Å². The predicted octanol–water partition coefficient (Wildman–Crippen LogP) is 4.38. The van der Waals surface area contributed by atoms with E-state index in [1.807, 2.05) is 11.4 Å². The first-order chi connectivity index (χ1) is 14.5. The van der Waals surface area contributed by atoms with E-state index in [0.717, 1.165) is 11.1 Å². The monoisotopic (exact) mass is 422 g/mol. The van der Waals surface area contributed by atoms with Crippen LogP contribution in [0.15, 0.2) is 66.0 Å². The smallest absolute Gasteiger partial charge is 0.253 e. The molecular weight excluding hydrogens is 399 g/mol. The number of amides is 2. The first kappa shape index (κ1) is 20.3. The van der Waals surface area contributed by atoms with Gasteiger partial charge in [-0.05, 0) is 53.6 Å². The van der Waals surface area contributed by atoms with Crippen molar-refractivity contribution in [1.29, 1.82) is 0 Å². The summed E-state index contributed by atoms with van der Waals surface area (Å²) < 4.78 is 13.5. The summed E-state index contributed by atoms with van der Waals surface area (Å²) in [7, 11) is 1.63. The van der Waals surface area contributed by atoms with Gasteiger partial charge in [0, 0.05) is 30.6 Å². The molecule has 4 rings (SSSR count). The van der Waals surface area contributed by atoms with Crippen molar-refractivity contribution in [2.24, 2.45) is 5.41 Å². The molecule has 0 aliphatic carbocycles. The van der Waals surface area contributed by atoms with Crippen LogP contribution in [-0.2, 0) is 11.2 Å². The largest absolute Gasteiger partial charge is 0.359 e. The average molecular weight is 423 g/mol. The molecular formula is C24H23FN2O2S. The molecule has 1 atom stereocenters. The molecule has 1 N–H and O–H groups in total.